The number of hydrogen-bond donors (Lipinski definition) is 1. The van der Waals surface area contributed by atoms with Gasteiger partial charge in [-0.3, -0.25) is 9.59 Å². The van der Waals surface area contributed by atoms with Crippen LogP contribution in [0.1, 0.15) is 62.9 Å². The standard InChI is InChI=1S/C26H36N6O2/c1-18-24-23(19(2)31(29-24)22-14-9-6-10-15-22)26(34)32(28-18)20(3)25(33)27-16-11-17-30(4)21-12-7-5-8-13-21/h6,9-10,14-15,20-21H,5,7-8,11-13,16-17H2,1-4H3,(H,27,33)/t20-/m1/s1. The number of rotatable bonds is 8. The van der Waals surface area contributed by atoms with Gasteiger partial charge in [-0.2, -0.15) is 10.2 Å². The Morgan fingerprint density at radius 1 is 1.15 bits per heavy atom. The van der Waals surface area contributed by atoms with E-state index < -0.39 is 6.04 Å². The van der Waals surface area contributed by atoms with Crippen LogP contribution in [-0.2, 0) is 4.79 Å². The predicted molar refractivity (Wildman–Crippen MR) is 134 cm³/mol. The average molecular weight is 465 g/mol. The molecule has 1 aromatic carbocycles. The highest BCUT2D eigenvalue weighted by molar-refractivity contribution is 5.84. The molecule has 8 nitrogen and oxygen atoms in total. The predicted octanol–water partition coefficient (Wildman–Crippen LogP) is 3.53. The van der Waals surface area contributed by atoms with Crippen molar-refractivity contribution in [1.29, 1.82) is 0 Å². The molecule has 8 heteroatoms. The zero-order valence-electron chi connectivity index (χ0n) is 20.8. The van der Waals surface area contributed by atoms with Gasteiger partial charge in [-0.1, -0.05) is 37.5 Å². The quantitative estimate of drug-likeness (QED) is 0.516. The van der Waals surface area contributed by atoms with Crippen LogP contribution in [0.5, 0.6) is 0 Å². The molecule has 0 radical (unpaired) electrons. The van der Waals surface area contributed by atoms with Crippen molar-refractivity contribution < 1.29 is 4.79 Å². The summed E-state index contributed by atoms with van der Waals surface area (Å²) in [5, 5.41) is 12.6. The Hall–Kier alpha value is -3.00. The third kappa shape index (κ3) is 4.92. The van der Waals surface area contributed by atoms with Gasteiger partial charge >= 0.3 is 0 Å². The van der Waals surface area contributed by atoms with Crippen LogP contribution in [0.3, 0.4) is 0 Å². The summed E-state index contributed by atoms with van der Waals surface area (Å²) < 4.78 is 3.06. The number of carbonyl (C=O) groups is 1. The van der Waals surface area contributed by atoms with Crippen LogP contribution in [-0.4, -0.2) is 56.5 Å². The van der Waals surface area contributed by atoms with Crippen LogP contribution in [0.2, 0.25) is 0 Å². The lowest BCUT2D eigenvalue weighted by Crippen LogP contribution is -2.39. The second kappa shape index (κ2) is 10.5. The van der Waals surface area contributed by atoms with E-state index in [9.17, 15) is 9.59 Å². The molecule has 182 valence electrons. The van der Waals surface area contributed by atoms with Crippen LogP contribution in [0, 0.1) is 13.8 Å². The number of carbonyl (C=O) groups excluding carboxylic acids is 1. The molecule has 34 heavy (non-hydrogen) atoms. The number of aromatic nitrogens is 4. The van der Waals surface area contributed by atoms with Crippen molar-refractivity contribution in [3.8, 4) is 5.69 Å². The summed E-state index contributed by atoms with van der Waals surface area (Å²) in [4.78, 5) is 28.6. The molecule has 0 bridgehead atoms. The third-order valence-corrected chi connectivity index (χ3v) is 7.07. The van der Waals surface area contributed by atoms with Crippen LogP contribution >= 0.6 is 0 Å². The zero-order valence-corrected chi connectivity index (χ0v) is 20.8. The topological polar surface area (TPSA) is 85.0 Å². The number of benzene rings is 1. The molecule has 0 saturated heterocycles. The molecule has 2 aromatic heterocycles. The minimum atomic E-state index is -0.703. The minimum Gasteiger partial charge on any atom is -0.354 e. The first-order chi connectivity index (χ1) is 16.4. The van der Waals surface area contributed by atoms with Crippen molar-refractivity contribution >= 4 is 16.8 Å². The third-order valence-electron chi connectivity index (χ3n) is 7.07. The number of fused-ring (bicyclic) bond motifs is 1. The number of hydrogen-bond acceptors (Lipinski definition) is 5. The van der Waals surface area contributed by atoms with Gasteiger partial charge in [-0.15, -0.1) is 0 Å². The molecule has 0 aliphatic heterocycles. The van der Waals surface area contributed by atoms with Crippen molar-refractivity contribution in [2.45, 2.75) is 71.4 Å². The Morgan fingerprint density at radius 3 is 2.56 bits per heavy atom. The molecule has 0 spiro atoms. The number of nitrogens with one attached hydrogen (secondary N) is 1. The fourth-order valence-corrected chi connectivity index (χ4v) is 4.97. The summed E-state index contributed by atoms with van der Waals surface area (Å²) in [5.74, 6) is -0.193. The molecule has 4 rings (SSSR count). The Balaban J connectivity index is 1.45. The van der Waals surface area contributed by atoms with Crippen molar-refractivity contribution in [3.63, 3.8) is 0 Å². The van der Waals surface area contributed by atoms with Crippen molar-refractivity contribution in [2.24, 2.45) is 0 Å². The van der Waals surface area contributed by atoms with E-state index in [0.717, 1.165) is 24.3 Å². The first kappa shape index (κ1) is 24.1. The van der Waals surface area contributed by atoms with Crippen molar-refractivity contribution in [1.82, 2.24) is 29.8 Å². The van der Waals surface area contributed by atoms with E-state index >= 15 is 0 Å². The SMILES string of the molecule is Cc1nn([C@H](C)C(=O)NCCCN(C)C2CCCCC2)c(=O)c2c(C)n(-c3ccccc3)nc12. The molecule has 1 fully saturated rings. The normalized spacial score (nSPS) is 15.7. The summed E-state index contributed by atoms with van der Waals surface area (Å²) in [5.41, 5.74) is 2.52. The van der Waals surface area contributed by atoms with E-state index in [4.69, 9.17) is 0 Å². The number of para-hydroxylation sites is 1. The van der Waals surface area contributed by atoms with Crippen LogP contribution in [0.25, 0.3) is 16.6 Å². The van der Waals surface area contributed by atoms with E-state index in [-0.39, 0.29) is 11.5 Å². The summed E-state index contributed by atoms with van der Waals surface area (Å²) in [6.07, 6.45) is 7.42. The summed E-state index contributed by atoms with van der Waals surface area (Å²) >= 11 is 0. The molecule has 1 N–H and O–H groups in total. The van der Waals surface area contributed by atoms with Crippen LogP contribution in [0.15, 0.2) is 35.1 Å². The van der Waals surface area contributed by atoms with Gasteiger partial charge in [0.25, 0.3) is 5.56 Å². The molecule has 1 atom stereocenters. The maximum absolute atomic E-state index is 13.3. The molecule has 2 heterocycles. The van der Waals surface area contributed by atoms with Gasteiger partial charge < -0.3 is 10.2 Å². The first-order valence-electron chi connectivity index (χ1n) is 12.4. The molecule has 1 amide bonds. The van der Waals surface area contributed by atoms with Gasteiger partial charge in [0, 0.05) is 12.6 Å². The number of aryl methyl sites for hydroxylation is 2. The Kier molecular flexibility index (Phi) is 7.46. The van der Waals surface area contributed by atoms with Gasteiger partial charge in [0.05, 0.1) is 22.5 Å². The summed E-state index contributed by atoms with van der Waals surface area (Å²) in [6, 6.07) is 9.67. The van der Waals surface area contributed by atoms with E-state index in [1.165, 1.54) is 36.8 Å². The summed E-state index contributed by atoms with van der Waals surface area (Å²) in [6.45, 7) is 6.97. The monoisotopic (exact) mass is 464 g/mol. The lowest BCUT2D eigenvalue weighted by Gasteiger charge is -2.31. The molecule has 1 aliphatic carbocycles. The molecule has 3 aromatic rings. The lowest BCUT2D eigenvalue weighted by atomic mass is 9.94. The fourth-order valence-electron chi connectivity index (χ4n) is 4.97. The Labute approximate surface area is 200 Å². The van der Waals surface area contributed by atoms with E-state index in [0.29, 0.717) is 29.2 Å². The smallest absolute Gasteiger partial charge is 0.278 e. The van der Waals surface area contributed by atoms with Gasteiger partial charge in [0.2, 0.25) is 5.91 Å². The highest BCUT2D eigenvalue weighted by Gasteiger charge is 2.23. The maximum atomic E-state index is 13.3. The van der Waals surface area contributed by atoms with Gasteiger partial charge in [-0.25, -0.2) is 9.36 Å². The Morgan fingerprint density at radius 2 is 1.85 bits per heavy atom. The highest BCUT2D eigenvalue weighted by atomic mass is 16.2. The van der Waals surface area contributed by atoms with Crippen molar-refractivity contribution in [3.05, 3.63) is 52.1 Å². The largest absolute Gasteiger partial charge is 0.354 e. The average Bonchev–Trinajstić information content (AvgIpc) is 3.22. The van der Waals surface area contributed by atoms with E-state index in [2.05, 4.69) is 27.5 Å². The van der Waals surface area contributed by atoms with Gasteiger partial charge in [0.15, 0.2) is 0 Å². The number of amides is 1. The molecule has 0 unspecified atom stereocenters. The fraction of sp³-hybridized carbons (Fsp3) is 0.538. The van der Waals surface area contributed by atoms with Gasteiger partial charge in [-0.05, 0) is 65.8 Å². The molecule has 1 saturated carbocycles. The first-order valence-corrected chi connectivity index (χ1v) is 12.4. The maximum Gasteiger partial charge on any atom is 0.278 e. The second-order valence-electron chi connectivity index (χ2n) is 9.48. The van der Waals surface area contributed by atoms with Crippen LogP contribution < -0.4 is 10.9 Å². The van der Waals surface area contributed by atoms with E-state index in [1.807, 2.05) is 44.2 Å². The molecular weight excluding hydrogens is 428 g/mol. The van der Waals surface area contributed by atoms with Crippen molar-refractivity contribution in [2.75, 3.05) is 20.1 Å². The summed E-state index contributed by atoms with van der Waals surface area (Å²) in [7, 11) is 2.18. The van der Waals surface area contributed by atoms with Crippen LogP contribution in [0.4, 0.5) is 0 Å². The molecule has 1 aliphatic rings. The zero-order chi connectivity index (χ0) is 24.2. The number of nitrogens with zero attached hydrogens (tertiary/aromatic N) is 5. The second-order valence-corrected chi connectivity index (χ2v) is 9.48. The lowest BCUT2D eigenvalue weighted by molar-refractivity contribution is -0.124. The Bertz CT molecular complexity index is 1190. The highest BCUT2D eigenvalue weighted by Crippen LogP contribution is 2.22. The molecular formula is C26H36N6O2. The van der Waals surface area contributed by atoms with E-state index in [1.54, 1.807) is 11.6 Å². The van der Waals surface area contributed by atoms with Gasteiger partial charge in [0.1, 0.15) is 11.6 Å². The minimum absolute atomic E-state index is 0.193.